The number of nitrogens with one attached hydrogen (secondary N) is 1. The molecule has 1 aliphatic rings. The van der Waals surface area contributed by atoms with E-state index in [2.05, 4.69) is 10.3 Å². The van der Waals surface area contributed by atoms with Crippen molar-refractivity contribution in [2.24, 2.45) is 0 Å². The highest BCUT2D eigenvalue weighted by atomic mass is 35.5. The van der Waals surface area contributed by atoms with Gasteiger partial charge in [-0.15, -0.1) is 24.8 Å². The number of rotatable bonds is 3. The summed E-state index contributed by atoms with van der Waals surface area (Å²) in [5.41, 5.74) is 0.458. The summed E-state index contributed by atoms with van der Waals surface area (Å²) < 4.78 is 26.1. The number of aromatic nitrogens is 1. The second-order valence-electron chi connectivity index (χ2n) is 3.82. The summed E-state index contributed by atoms with van der Waals surface area (Å²) in [6.07, 6.45) is -0.833. The minimum absolute atomic E-state index is 0. The van der Waals surface area contributed by atoms with Crippen molar-refractivity contribution in [3.05, 3.63) is 30.1 Å². The van der Waals surface area contributed by atoms with Crippen molar-refractivity contribution in [2.75, 3.05) is 26.2 Å². The highest BCUT2D eigenvalue weighted by Gasteiger charge is 2.30. The summed E-state index contributed by atoms with van der Waals surface area (Å²) in [5, 5.41) is 3.15. The van der Waals surface area contributed by atoms with Gasteiger partial charge >= 0.3 is 0 Å². The lowest BCUT2D eigenvalue weighted by molar-refractivity contribution is 0.0160. The molecule has 1 aliphatic heterocycles. The predicted molar refractivity (Wildman–Crippen MR) is 71.9 cm³/mol. The molecule has 0 amide bonds. The van der Waals surface area contributed by atoms with Crippen LogP contribution in [0.4, 0.5) is 8.78 Å². The Hall–Kier alpha value is -0.490. The zero-order chi connectivity index (χ0) is 11.4. The minimum Gasteiger partial charge on any atom is -0.314 e. The Balaban J connectivity index is 0.00000144. The first-order chi connectivity index (χ1) is 7.79. The van der Waals surface area contributed by atoms with E-state index in [1.54, 1.807) is 29.3 Å². The van der Waals surface area contributed by atoms with Crippen LogP contribution in [0.2, 0.25) is 0 Å². The molecular formula is C11H17Cl2F2N3. The van der Waals surface area contributed by atoms with Gasteiger partial charge in [-0.05, 0) is 12.1 Å². The van der Waals surface area contributed by atoms with Crippen molar-refractivity contribution in [1.29, 1.82) is 0 Å². The van der Waals surface area contributed by atoms with Gasteiger partial charge in [-0.2, -0.15) is 0 Å². The Kier molecular flexibility index (Phi) is 8.35. The van der Waals surface area contributed by atoms with E-state index < -0.39 is 12.5 Å². The van der Waals surface area contributed by atoms with E-state index in [4.69, 9.17) is 0 Å². The molecule has 1 aromatic heterocycles. The van der Waals surface area contributed by atoms with E-state index in [0.717, 1.165) is 13.1 Å². The maximum Gasteiger partial charge on any atom is 0.259 e. The zero-order valence-electron chi connectivity index (χ0n) is 9.76. The molecule has 1 N–H and O–H groups in total. The summed E-state index contributed by atoms with van der Waals surface area (Å²) in [5.74, 6) is 0. The summed E-state index contributed by atoms with van der Waals surface area (Å²) >= 11 is 0. The van der Waals surface area contributed by atoms with E-state index in [1.165, 1.54) is 0 Å². The molecule has 0 saturated carbocycles. The molecule has 1 fully saturated rings. The Labute approximate surface area is 118 Å². The van der Waals surface area contributed by atoms with Crippen molar-refractivity contribution < 1.29 is 8.78 Å². The van der Waals surface area contributed by atoms with Crippen LogP contribution in [-0.2, 0) is 0 Å². The first-order valence-corrected chi connectivity index (χ1v) is 5.43. The molecule has 0 radical (unpaired) electrons. The lowest BCUT2D eigenvalue weighted by Crippen LogP contribution is -2.47. The van der Waals surface area contributed by atoms with E-state index in [-0.39, 0.29) is 24.8 Å². The van der Waals surface area contributed by atoms with Gasteiger partial charge in [-0.1, -0.05) is 6.07 Å². The molecule has 0 aromatic carbocycles. The third-order valence-electron chi connectivity index (χ3n) is 2.77. The van der Waals surface area contributed by atoms with Crippen LogP contribution in [0.5, 0.6) is 0 Å². The van der Waals surface area contributed by atoms with Crippen LogP contribution in [0.15, 0.2) is 24.4 Å². The van der Waals surface area contributed by atoms with Crippen LogP contribution < -0.4 is 5.32 Å². The summed E-state index contributed by atoms with van der Waals surface area (Å²) in [6, 6.07) is 4.28. The molecule has 0 unspecified atom stereocenters. The highest BCUT2D eigenvalue weighted by molar-refractivity contribution is 5.85. The van der Waals surface area contributed by atoms with Crippen molar-refractivity contribution in [1.82, 2.24) is 15.2 Å². The molecule has 1 aromatic rings. The lowest BCUT2D eigenvalue weighted by atomic mass is 10.1. The van der Waals surface area contributed by atoms with E-state index in [1.807, 2.05) is 0 Å². The maximum atomic E-state index is 13.1. The number of nitrogens with zero attached hydrogens (tertiary/aromatic N) is 2. The van der Waals surface area contributed by atoms with Gasteiger partial charge in [0, 0.05) is 32.4 Å². The molecular weight excluding hydrogens is 283 g/mol. The largest absolute Gasteiger partial charge is 0.314 e. The normalized spacial score (nSPS) is 17.7. The zero-order valence-corrected chi connectivity index (χ0v) is 11.4. The number of hydrogen-bond donors (Lipinski definition) is 1. The smallest absolute Gasteiger partial charge is 0.259 e. The lowest BCUT2D eigenvalue weighted by Gasteiger charge is -2.33. The Morgan fingerprint density at radius 2 is 1.83 bits per heavy atom. The van der Waals surface area contributed by atoms with Gasteiger partial charge < -0.3 is 5.32 Å². The predicted octanol–water partition coefficient (Wildman–Crippen LogP) is 2.14. The van der Waals surface area contributed by atoms with Crippen LogP contribution in [0.3, 0.4) is 0 Å². The van der Waals surface area contributed by atoms with Gasteiger partial charge in [0.05, 0.1) is 5.69 Å². The average Bonchev–Trinajstić information content (AvgIpc) is 2.31. The van der Waals surface area contributed by atoms with Crippen LogP contribution in [0, 0.1) is 0 Å². The fraction of sp³-hybridized carbons (Fsp3) is 0.545. The van der Waals surface area contributed by atoms with E-state index >= 15 is 0 Å². The number of pyridine rings is 1. The Morgan fingerprint density at radius 1 is 1.17 bits per heavy atom. The van der Waals surface area contributed by atoms with Gasteiger partial charge in [0.15, 0.2) is 0 Å². The summed E-state index contributed by atoms with van der Waals surface area (Å²) in [4.78, 5) is 5.83. The van der Waals surface area contributed by atoms with Crippen molar-refractivity contribution in [3.63, 3.8) is 0 Å². The molecule has 2 heterocycles. The second kappa shape index (κ2) is 8.58. The topological polar surface area (TPSA) is 28.2 Å². The van der Waals surface area contributed by atoms with Gasteiger partial charge in [-0.25, -0.2) is 8.78 Å². The quantitative estimate of drug-likeness (QED) is 0.927. The van der Waals surface area contributed by atoms with Crippen LogP contribution >= 0.6 is 24.8 Å². The van der Waals surface area contributed by atoms with Gasteiger partial charge in [0.1, 0.15) is 6.04 Å². The molecule has 18 heavy (non-hydrogen) atoms. The molecule has 104 valence electrons. The van der Waals surface area contributed by atoms with Gasteiger partial charge in [0.25, 0.3) is 6.43 Å². The van der Waals surface area contributed by atoms with E-state index in [0.29, 0.717) is 18.8 Å². The van der Waals surface area contributed by atoms with E-state index in [9.17, 15) is 8.78 Å². The number of alkyl halides is 2. The van der Waals surface area contributed by atoms with Crippen molar-refractivity contribution in [3.8, 4) is 0 Å². The monoisotopic (exact) mass is 299 g/mol. The molecule has 7 heteroatoms. The highest BCUT2D eigenvalue weighted by Crippen LogP contribution is 2.25. The number of piperazine rings is 1. The van der Waals surface area contributed by atoms with Gasteiger partial charge in [0.2, 0.25) is 0 Å². The van der Waals surface area contributed by atoms with Crippen LogP contribution in [0.1, 0.15) is 11.7 Å². The third kappa shape index (κ3) is 4.31. The third-order valence-corrected chi connectivity index (χ3v) is 2.77. The molecule has 0 aliphatic carbocycles. The Morgan fingerprint density at radius 3 is 2.33 bits per heavy atom. The van der Waals surface area contributed by atoms with Crippen molar-refractivity contribution in [2.45, 2.75) is 12.5 Å². The average molecular weight is 300 g/mol. The molecule has 1 saturated heterocycles. The summed E-state index contributed by atoms with van der Waals surface area (Å²) in [6.45, 7) is 2.81. The molecule has 1 atom stereocenters. The number of hydrogen-bond acceptors (Lipinski definition) is 3. The van der Waals surface area contributed by atoms with Crippen molar-refractivity contribution >= 4 is 24.8 Å². The standard InChI is InChI=1S/C11H15F2N3.2ClH/c12-11(13)10(9-3-1-2-4-15-9)16-7-5-14-6-8-16;;/h1-4,10-11,14H,5-8H2;2*1H/t10-;;/m1../s1. The second-order valence-corrected chi connectivity index (χ2v) is 3.82. The molecule has 0 bridgehead atoms. The fourth-order valence-electron chi connectivity index (χ4n) is 1.99. The minimum atomic E-state index is -2.40. The summed E-state index contributed by atoms with van der Waals surface area (Å²) in [7, 11) is 0. The first kappa shape index (κ1) is 17.5. The maximum absolute atomic E-state index is 13.1. The Bertz CT molecular complexity index is 321. The SMILES string of the molecule is Cl.Cl.FC(F)[C@@H](c1ccccn1)N1CCNCC1. The van der Waals surface area contributed by atoms with Gasteiger partial charge in [-0.3, -0.25) is 9.88 Å². The molecule has 2 rings (SSSR count). The van der Waals surface area contributed by atoms with Crippen LogP contribution in [0.25, 0.3) is 0 Å². The number of halogens is 4. The molecule has 3 nitrogen and oxygen atoms in total. The fourth-order valence-corrected chi connectivity index (χ4v) is 1.99. The molecule has 0 spiro atoms. The van der Waals surface area contributed by atoms with Crippen LogP contribution in [-0.4, -0.2) is 42.5 Å². The first-order valence-electron chi connectivity index (χ1n) is 5.43.